The number of imidazole rings is 2. The van der Waals surface area contributed by atoms with Gasteiger partial charge in [-0.25, -0.2) is 9.59 Å². The Labute approximate surface area is 137 Å². The quantitative estimate of drug-likeness (QED) is 0.400. The lowest BCUT2D eigenvalue weighted by Crippen LogP contribution is -1.99. The number of hydrogen-bond donors (Lipinski definition) is 4. The van der Waals surface area contributed by atoms with Crippen molar-refractivity contribution >= 4 is 22.1 Å². The summed E-state index contributed by atoms with van der Waals surface area (Å²) in [6.45, 7) is 8.01. The Morgan fingerprint density at radius 1 is 0.583 bits per heavy atom. The summed E-state index contributed by atoms with van der Waals surface area (Å²) in [5.41, 5.74) is 7.88. The van der Waals surface area contributed by atoms with Gasteiger partial charge >= 0.3 is 11.4 Å². The van der Waals surface area contributed by atoms with Crippen LogP contribution < -0.4 is 11.4 Å². The topological polar surface area (TPSA) is 97.3 Å². The molecule has 0 fully saturated rings. The van der Waals surface area contributed by atoms with E-state index in [0.29, 0.717) is 0 Å². The van der Waals surface area contributed by atoms with Crippen molar-refractivity contribution in [2.75, 3.05) is 0 Å². The SMILES string of the molecule is Cc1cc2[nH]c(=O)[nH]c2cc1C.Cc1ccc(C)c2[nH]c(=O)[nH]c12. The van der Waals surface area contributed by atoms with E-state index in [1.165, 1.54) is 11.1 Å². The number of benzene rings is 2. The summed E-state index contributed by atoms with van der Waals surface area (Å²) in [6.07, 6.45) is 0. The summed E-state index contributed by atoms with van der Waals surface area (Å²) in [4.78, 5) is 32.8. The maximum absolute atomic E-state index is 11.0. The Balaban J connectivity index is 0.000000141. The van der Waals surface area contributed by atoms with Crippen LogP contribution in [0.2, 0.25) is 0 Å². The maximum Gasteiger partial charge on any atom is 0.323 e. The van der Waals surface area contributed by atoms with Crippen LogP contribution in [0.15, 0.2) is 33.9 Å². The second kappa shape index (κ2) is 5.88. The van der Waals surface area contributed by atoms with Crippen LogP contribution in [-0.4, -0.2) is 19.9 Å². The van der Waals surface area contributed by atoms with E-state index in [1.807, 2.05) is 52.0 Å². The molecule has 4 N–H and O–H groups in total. The van der Waals surface area contributed by atoms with E-state index in [1.54, 1.807) is 0 Å². The molecule has 0 radical (unpaired) electrons. The fourth-order valence-corrected chi connectivity index (χ4v) is 2.69. The number of aromatic amines is 4. The van der Waals surface area contributed by atoms with E-state index in [2.05, 4.69) is 19.9 Å². The van der Waals surface area contributed by atoms with Crippen LogP contribution >= 0.6 is 0 Å². The molecule has 2 aromatic carbocycles. The lowest BCUT2D eigenvalue weighted by molar-refractivity contribution is 1.21. The molecule has 0 spiro atoms. The summed E-state index contributed by atoms with van der Waals surface area (Å²) in [5.74, 6) is 0. The van der Waals surface area contributed by atoms with Crippen molar-refractivity contribution in [3.63, 3.8) is 0 Å². The number of nitrogens with one attached hydrogen (secondary N) is 4. The van der Waals surface area contributed by atoms with Gasteiger partial charge in [0.1, 0.15) is 0 Å². The standard InChI is InChI=1S/2C9H10N2O/c1-5-3-7-8(4-6(5)2)11-9(12)10-7;1-5-3-4-6(2)8-7(5)10-9(12)11-8/h2*3-4H,1-2H3,(H2,10,11,12). The molecule has 0 aliphatic rings. The van der Waals surface area contributed by atoms with Crippen LogP contribution in [0.5, 0.6) is 0 Å². The van der Waals surface area contributed by atoms with Gasteiger partial charge in [0.2, 0.25) is 0 Å². The van der Waals surface area contributed by atoms with E-state index in [0.717, 1.165) is 33.2 Å². The van der Waals surface area contributed by atoms with Gasteiger partial charge < -0.3 is 19.9 Å². The third-order valence-corrected chi connectivity index (χ3v) is 4.23. The zero-order valence-corrected chi connectivity index (χ0v) is 14.1. The molecule has 6 nitrogen and oxygen atoms in total. The first-order valence-electron chi connectivity index (χ1n) is 7.72. The van der Waals surface area contributed by atoms with Gasteiger partial charge in [-0.15, -0.1) is 0 Å². The largest absolute Gasteiger partial charge is 0.323 e. The van der Waals surface area contributed by atoms with Crippen LogP contribution in [0.4, 0.5) is 0 Å². The fourth-order valence-electron chi connectivity index (χ4n) is 2.69. The predicted octanol–water partition coefficient (Wildman–Crippen LogP) is 2.95. The van der Waals surface area contributed by atoms with Gasteiger partial charge in [-0.2, -0.15) is 0 Å². The van der Waals surface area contributed by atoms with Gasteiger partial charge in [0.25, 0.3) is 0 Å². The highest BCUT2D eigenvalue weighted by molar-refractivity contribution is 5.81. The molecule has 0 amide bonds. The molecule has 2 aromatic heterocycles. The van der Waals surface area contributed by atoms with Crippen molar-refractivity contribution in [1.29, 1.82) is 0 Å². The Hall–Kier alpha value is -3.02. The molecule has 0 aliphatic carbocycles. The van der Waals surface area contributed by atoms with Crippen LogP contribution in [0.1, 0.15) is 22.3 Å². The molecular formula is C18H20N4O2. The zero-order valence-electron chi connectivity index (χ0n) is 14.1. The van der Waals surface area contributed by atoms with E-state index in [-0.39, 0.29) is 11.4 Å². The van der Waals surface area contributed by atoms with Crippen molar-refractivity contribution in [2.45, 2.75) is 27.7 Å². The molecular weight excluding hydrogens is 304 g/mol. The molecule has 2 heterocycles. The lowest BCUT2D eigenvalue weighted by Gasteiger charge is -1.97. The minimum atomic E-state index is -0.144. The third kappa shape index (κ3) is 2.90. The lowest BCUT2D eigenvalue weighted by atomic mass is 10.1. The minimum Gasteiger partial charge on any atom is -0.306 e. The van der Waals surface area contributed by atoms with Crippen molar-refractivity contribution in [3.8, 4) is 0 Å². The number of H-pyrrole nitrogens is 4. The molecule has 0 bridgehead atoms. The molecule has 0 saturated carbocycles. The van der Waals surface area contributed by atoms with Crippen molar-refractivity contribution in [2.24, 2.45) is 0 Å². The highest BCUT2D eigenvalue weighted by Gasteiger charge is 2.02. The van der Waals surface area contributed by atoms with Crippen molar-refractivity contribution < 1.29 is 0 Å². The summed E-state index contributed by atoms with van der Waals surface area (Å²) in [5, 5.41) is 0. The molecule has 0 aliphatic heterocycles. The van der Waals surface area contributed by atoms with E-state index < -0.39 is 0 Å². The van der Waals surface area contributed by atoms with Crippen LogP contribution in [-0.2, 0) is 0 Å². The van der Waals surface area contributed by atoms with E-state index >= 15 is 0 Å². The Kier molecular flexibility index (Phi) is 3.89. The molecule has 4 rings (SSSR count). The first-order chi connectivity index (χ1) is 11.3. The monoisotopic (exact) mass is 324 g/mol. The maximum atomic E-state index is 11.0. The third-order valence-electron chi connectivity index (χ3n) is 4.23. The molecule has 4 aromatic rings. The molecule has 0 atom stereocenters. The van der Waals surface area contributed by atoms with Gasteiger partial charge in [-0.3, -0.25) is 0 Å². The Bertz CT molecular complexity index is 1060. The molecule has 124 valence electrons. The number of aromatic nitrogens is 4. The van der Waals surface area contributed by atoms with Crippen LogP contribution in [0.25, 0.3) is 22.1 Å². The number of fused-ring (bicyclic) bond motifs is 2. The number of rotatable bonds is 0. The highest BCUT2D eigenvalue weighted by Crippen LogP contribution is 2.16. The van der Waals surface area contributed by atoms with Gasteiger partial charge in [-0.05, 0) is 62.1 Å². The second-order valence-electron chi connectivity index (χ2n) is 6.09. The van der Waals surface area contributed by atoms with E-state index in [4.69, 9.17) is 0 Å². The van der Waals surface area contributed by atoms with Gasteiger partial charge in [-0.1, -0.05) is 12.1 Å². The number of aryl methyl sites for hydroxylation is 4. The summed E-state index contributed by atoms with van der Waals surface area (Å²) >= 11 is 0. The Morgan fingerprint density at radius 3 is 1.38 bits per heavy atom. The molecule has 24 heavy (non-hydrogen) atoms. The highest BCUT2D eigenvalue weighted by atomic mass is 16.1. The summed E-state index contributed by atoms with van der Waals surface area (Å²) in [7, 11) is 0. The predicted molar refractivity (Wildman–Crippen MR) is 96.8 cm³/mol. The molecule has 6 heteroatoms. The van der Waals surface area contributed by atoms with Gasteiger partial charge in [0.15, 0.2) is 0 Å². The minimum absolute atomic E-state index is 0.137. The van der Waals surface area contributed by atoms with Crippen LogP contribution in [0.3, 0.4) is 0 Å². The van der Waals surface area contributed by atoms with Crippen molar-refractivity contribution in [1.82, 2.24) is 19.9 Å². The first-order valence-corrected chi connectivity index (χ1v) is 7.72. The number of hydrogen-bond acceptors (Lipinski definition) is 2. The van der Waals surface area contributed by atoms with Gasteiger partial charge in [0.05, 0.1) is 22.1 Å². The molecule has 0 saturated heterocycles. The van der Waals surface area contributed by atoms with Gasteiger partial charge in [0, 0.05) is 0 Å². The smallest absolute Gasteiger partial charge is 0.306 e. The average molecular weight is 324 g/mol. The fraction of sp³-hybridized carbons (Fsp3) is 0.222. The Morgan fingerprint density at radius 2 is 0.958 bits per heavy atom. The first kappa shape index (κ1) is 15.9. The van der Waals surface area contributed by atoms with Crippen LogP contribution in [0, 0.1) is 27.7 Å². The summed E-state index contributed by atoms with van der Waals surface area (Å²) < 4.78 is 0. The normalized spacial score (nSPS) is 10.8. The average Bonchev–Trinajstić information content (AvgIpc) is 3.07. The second-order valence-corrected chi connectivity index (χ2v) is 6.09. The summed E-state index contributed by atoms with van der Waals surface area (Å²) in [6, 6.07) is 7.95. The van der Waals surface area contributed by atoms with E-state index in [9.17, 15) is 9.59 Å². The molecule has 0 unspecified atom stereocenters. The zero-order chi connectivity index (χ0) is 17.4. The van der Waals surface area contributed by atoms with Crippen molar-refractivity contribution in [3.05, 3.63) is 67.5 Å².